The van der Waals surface area contributed by atoms with Crippen molar-refractivity contribution in [1.29, 1.82) is 0 Å². The molecule has 7 nitrogen and oxygen atoms in total. The van der Waals surface area contributed by atoms with E-state index in [1.807, 2.05) is 30.3 Å². The number of hydrogen-bond donors (Lipinski definition) is 2. The van der Waals surface area contributed by atoms with E-state index in [4.69, 9.17) is 14.6 Å². The monoisotopic (exact) mass is 446 g/mol. The van der Waals surface area contributed by atoms with Crippen LogP contribution in [-0.4, -0.2) is 61.9 Å². The highest BCUT2D eigenvalue weighted by Crippen LogP contribution is 2.22. The van der Waals surface area contributed by atoms with Gasteiger partial charge in [0.15, 0.2) is 0 Å². The number of hydrogen-bond acceptors (Lipinski definition) is 7. The fourth-order valence-electron chi connectivity index (χ4n) is 3.65. The van der Waals surface area contributed by atoms with Crippen LogP contribution in [0.5, 0.6) is 0 Å². The first-order chi connectivity index (χ1) is 15.1. The molecule has 8 heteroatoms. The van der Waals surface area contributed by atoms with E-state index in [1.165, 1.54) is 11.3 Å². The van der Waals surface area contributed by atoms with E-state index in [2.05, 4.69) is 10.2 Å². The second-order valence-electron chi connectivity index (χ2n) is 7.70. The number of esters is 1. The lowest BCUT2D eigenvalue weighted by Gasteiger charge is -2.31. The maximum absolute atomic E-state index is 12.9. The predicted molar refractivity (Wildman–Crippen MR) is 119 cm³/mol. The third-order valence-electron chi connectivity index (χ3n) is 5.50. The highest BCUT2D eigenvalue weighted by molar-refractivity contribution is 7.13. The number of carbonyl (C=O) groups excluding carboxylic acids is 1. The van der Waals surface area contributed by atoms with E-state index in [0.717, 1.165) is 49.5 Å². The second kappa shape index (κ2) is 12.0. The maximum Gasteiger partial charge on any atom is 0.345 e. The number of nitrogens with one attached hydrogen (secondary N) is 1. The number of methoxy groups -OCH3 is 1. The molecule has 2 heterocycles. The van der Waals surface area contributed by atoms with Gasteiger partial charge in [0.2, 0.25) is 0 Å². The van der Waals surface area contributed by atoms with Crippen molar-refractivity contribution < 1.29 is 24.2 Å². The Kier molecular flexibility index (Phi) is 9.02. The van der Waals surface area contributed by atoms with Crippen LogP contribution >= 0.6 is 11.3 Å². The molecule has 1 unspecified atom stereocenters. The second-order valence-corrected chi connectivity index (χ2v) is 8.87. The van der Waals surface area contributed by atoms with Crippen LogP contribution in [0, 0.1) is 5.92 Å². The Hall–Kier alpha value is -2.26. The standard InChI is InChI=1S/C23H30N2O5S/c1-29-14-13-25-11-9-17(10-12-25)16-30-23(28)21(18-5-3-2-4-6-18)24-15-19-7-8-20(31-19)22(26)27/h2-8,17,21,24H,9-16H2,1H3,(H,26,27). The summed E-state index contributed by atoms with van der Waals surface area (Å²) in [5, 5.41) is 12.3. The molecular weight excluding hydrogens is 416 g/mol. The summed E-state index contributed by atoms with van der Waals surface area (Å²) in [7, 11) is 1.72. The molecule has 0 spiro atoms. The summed E-state index contributed by atoms with van der Waals surface area (Å²) in [4.78, 5) is 27.5. The summed E-state index contributed by atoms with van der Waals surface area (Å²) in [6.07, 6.45) is 2.02. The Bertz CT molecular complexity index is 834. The molecule has 0 amide bonds. The molecule has 2 N–H and O–H groups in total. The topological polar surface area (TPSA) is 88.1 Å². The molecule has 3 rings (SSSR count). The Morgan fingerprint density at radius 1 is 1.19 bits per heavy atom. The van der Waals surface area contributed by atoms with Gasteiger partial charge in [-0.1, -0.05) is 30.3 Å². The lowest BCUT2D eigenvalue weighted by atomic mass is 9.98. The van der Waals surface area contributed by atoms with Crippen LogP contribution in [0.15, 0.2) is 42.5 Å². The summed E-state index contributed by atoms with van der Waals surface area (Å²) < 4.78 is 10.9. The molecule has 1 atom stereocenters. The van der Waals surface area contributed by atoms with Gasteiger partial charge >= 0.3 is 11.9 Å². The minimum Gasteiger partial charge on any atom is -0.477 e. The zero-order valence-corrected chi connectivity index (χ0v) is 18.6. The number of piperidine rings is 1. The van der Waals surface area contributed by atoms with Crippen LogP contribution in [0.1, 0.15) is 39.0 Å². The molecule has 0 radical (unpaired) electrons. The smallest absolute Gasteiger partial charge is 0.345 e. The van der Waals surface area contributed by atoms with Crippen molar-refractivity contribution in [3.63, 3.8) is 0 Å². The average Bonchev–Trinajstić information content (AvgIpc) is 3.27. The summed E-state index contributed by atoms with van der Waals surface area (Å²) in [5.74, 6) is -0.874. The number of nitrogens with zero attached hydrogens (tertiary/aromatic N) is 1. The average molecular weight is 447 g/mol. The molecule has 1 aliphatic heterocycles. The summed E-state index contributed by atoms with van der Waals surface area (Å²) in [5.41, 5.74) is 0.830. The first-order valence-electron chi connectivity index (χ1n) is 10.5. The lowest BCUT2D eigenvalue weighted by molar-refractivity contribution is -0.148. The third kappa shape index (κ3) is 7.14. The molecular formula is C23H30N2O5S. The molecule has 1 fully saturated rings. The summed E-state index contributed by atoms with van der Waals surface area (Å²) >= 11 is 1.20. The Morgan fingerprint density at radius 2 is 1.94 bits per heavy atom. The van der Waals surface area contributed by atoms with E-state index in [-0.39, 0.29) is 10.8 Å². The van der Waals surface area contributed by atoms with Gasteiger partial charge in [0.25, 0.3) is 0 Å². The molecule has 1 aromatic heterocycles. The normalized spacial score (nSPS) is 16.2. The number of likely N-dealkylation sites (tertiary alicyclic amines) is 1. The zero-order chi connectivity index (χ0) is 22.1. The Morgan fingerprint density at radius 3 is 2.58 bits per heavy atom. The van der Waals surface area contributed by atoms with Crippen molar-refractivity contribution in [3.8, 4) is 0 Å². The van der Waals surface area contributed by atoms with Crippen LogP contribution < -0.4 is 5.32 Å². The minimum atomic E-state index is -0.941. The number of carbonyl (C=O) groups is 2. The van der Waals surface area contributed by atoms with Gasteiger partial charge in [0, 0.05) is 25.1 Å². The fourth-order valence-corrected chi connectivity index (χ4v) is 4.45. The van der Waals surface area contributed by atoms with E-state index in [1.54, 1.807) is 19.2 Å². The number of aromatic carboxylic acids is 1. The van der Waals surface area contributed by atoms with Crippen LogP contribution in [0.4, 0.5) is 0 Å². The highest BCUT2D eigenvalue weighted by atomic mass is 32.1. The molecule has 2 aromatic rings. The van der Waals surface area contributed by atoms with Gasteiger partial charge in [0.05, 0.1) is 13.2 Å². The van der Waals surface area contributed by atoms with Gasteiger partial charge in [-0.3, -0.25) is 5.32 Å². The fraction of sp³-hybridized carbons (Fsp3) is 0.478. The van der Waals surface area contributed by atoms with Crippen molar-refractivity contribution in [2.24, 2.45) is 5.92 Å². The van der Waals surface area contributed by atoms with Gasteiger partial charge in [-0.25, -0.2) is 9.59 Å². The highest BCUT2D eigenvalue weighted by Gasteiger charge is 2.25. The van der Waals surface area contributed by atoms with Gasteiger partial charge in [0.1, 0.15) is 10.9 Å². The molecule has 31 heavy (non-hydrogen) atoms. The van der Waals surface area contributed by atoms with E-state index in [0.29, 0.717) is 19.1 Å². The SMILES string of the molecule is COCCN1CCC(COC(=O)C(NCc2ccc(C(=O)O)s2)c2ccccc2)CC1. The van der Waals surface area contributed by atoms with Crippen molar-refractivity contribution >= 4 is 23.3 Å². The molecule has 0 saturated carbocycles. The number of carboxylic acid groups (broad SMARTS) is 1. The molecule has 0 aliphatic carbocycles. The summed E-state index contributed by atoms with van der Waals surface area (Å²) in [6, 6.07) is 12.2. The third-order valence-corrected chi connectivity index (χ3v) is 6.57. The molecule has 1 aliphatic rings. The van der Waals surface area contributed by atoms with Crippen molar-refractivity contribution in [3.05, 3.63) is 57.8 Å². The Labute approximate surface area is 187 Å². The molecule has 0 bridgehead atoms. The van der Waals surface area contributed by atoms with Crippen molar-refractivity contribution in [2.45, 2.75) is 25.4 Å². The van der Waals surface area contributed by atoms with Crippen LogP contribution in [-0.2, 0) is 20.8 Å². The molecule has 1 saturated heterocycles. The van der Waals surface area contributed by atoms with Crippen LogP contribution in [0.2, 0.25) is 0 Å². The number of thiophene rings is 1. The van der Waals surface area contributed by atoms with Gasteiger partial charge in [-0.15, -0.1) is 11.3 Å². The van der Waals surface area contributed by atoms with Crippen LogP contribution in [0.25, 0.3) is 0 Å². The van der Waals surface area contributed by atoms with Crippen molar-refractivity contribution in [1.82, 2.24) is 10.2 Å². The van der Waals surface area contributed by atoms with E-state index in [9.17, 15) is 9.59 Å². The first-order valence-corrected chi connectivity index (χ1v) is 11.4. The number of benzene rings is 1. The Balaban J connectivity index is 1.54. The van der Waals surface area contributed by atoms with Gasteiger partial charge in [-0.2, -0.15) is 0 Å². The zero-order valence-electron chi connectivity index (χ0n) is 17.8. The number of rotatable bonds is 11. The molecule has 1 aromatic carbocycles. The van der Waals surface area contributed by atoms with Gasteiger partial charge < -0.3 is 19.5 Å². The van der Waals surface area contributed by atoms with Gasteiger partial charge in [-0.05, 0) is 49.5 Å². The van der Waals surface area contributed by atoms with Crippen molar-refractivity contribution in [2.75, 3.05) is 40.0 Å². The number of carboxylic acids is 1. The van der Waals surface area contributed by atoms with Crippen LogP contribution in [0.3, 0.4) is 0 Å². The first kappa shape index (κ1) is 23.4. The maximum atomic E-state index is 12.9. The minimum absolute atomic E-state index is 0.285. The van der Waals surface area contributed by atoms with E-state index >= 15 is 0 Å². The predicted octanol–water partition coefficient (Wildman–Crippen LogP) is 3.18. The quantitative estimate of drug-likeness (QED) is 0.513. The summed E-state index contributed by atoms with van der Waals surface area (Å²) in [6.45, 7) is 4.48. The van der Waals surface area contributed by atoms with E-state index < -0.39 is 12.0 Å². The lowest BCUT2D eigenvalue weighted by Crippen LogP contribution is -2.38. The largest absolute Gasteiger partial charge is 0.477 e. The number of ether oxygens (including phenoxy) is 2. The molecule has 168 valence electrons.